The molecule has 0 aromatic heterocycles. The minimum Gasteiger partial charge on any atom is -0.494 e. The molecule has 2 N–H and O–H groups in total. The van der Waals surface area contributed by atoms with Crippen LogP contribution in [-0.2, 0) is 4.79 Å². The van der Waals surface area contributed by atoms with Crippen molar-refractivity contribution in [1.29, 1.82) is 0 Å². The number of hydrogen-bond donors (Lipinski definition) is 2. The Morgan fingerprint density at radius 3 is 2.50 bits per heavy atom. The number of para-hydroxylation sites is 1. The number of anilines is 1. The average molecular weight is 354 g/mol. The van der Waals surface area contributed by atoms with Gasteiger partial charge in [-0.3, -0.25) is 9.59 Å². The predicted molar refractivity (Wildman–Crippen MR) is 104 cm³/mol. The first-order valence-corrected chi connectivity index (χ1v) is 8.96. The van der Waals surface area contributed by atoms with Gasteiger partial charge in [0.25, 0.3) is 5.91 Å². The number of nitrogens with one attached hydrogen (secondary N) is 2. The van der Waals surface area contributed by atoms with Crippen molar-refractivity contribution < 1.29 is 14.3 Å². The fourth-order valence-corrected chi connectivity index (χ4v) is 2.39. The maximum atomic E-state index is 12.2. The van der Waals surface area contributed by atoms with Crippen LogP contribution < -0.4 is 15.4 Å². The molecule has 0 spiro atoms. The monoisotopic (exact) mass is 354 g/mol. The van der Waals surface area contributed by atoms with Crippen molar-refractivity contribution in [2.45, 2.75) is 33.1 Å². The molecule has 2 aromatic rings. The van der Waals surface area contributed by atoms with E-state index in [1.54, 1.807) is 24.3 Å². The topological polar surface area (TPSA) is 67.4 Å². The van der Waals surface area contributed by atoms with Crippen LogP contribution >= 0.6 is 0 Å². The molecular formula is C21H26N2O3. The third-order valence-corrected chi connectivity index (χ3v) is 3.82. The van der Waals surface area contributed by atoms with Crippen LogP contribution in [0.5, 0.6) is 5.75 Å². The second-order valence-electron chi connectivity index (χ2n) is 6.11. The lowest BCUT2D eigenvalue weighted by Crippen LogP contribution is -2.25. The number of carbonyl (C=O) groups excluding carboxylic acids is 2. The summed E-state index contributed by atoms with van der Waals surface area (Å²) in [5.74, 6) is 0.493. The van der Waals surface area contributed by atoms with Crippen LogP contribution in [0.15, 0.2) is 48.5 Å². The standard InChI is InChI=1S/C21H26N2O3/c1-3-14-22-21(25)18-7-4-5-8-19(18)23-20(24)9-6-15-26-17-12-10-16(2)11-13-17/h4-5,7-8,10-13H,3,6,9,14-15H2,1-2H3,(H,22,25)(H,23,24). The summed E-state index contributed by atoms with van der Waals surface area (Å²) >= 11 is 0. The zero-order valence-corrected chi connectivity index (χ0v) is 15.4. The normalized spacial score (nSPS) is 10.2. The zero-order valence-electron chi connectivity index (χ0n) is 15.4. The molecule has 0 aliphatic heterocycles. The molecule has 0 fully saturated rings. The van der Waals surface area contributed by atoms with Gasteiger partial charge in [0.05, 0.1) is 17.9 Å². The molecule has 2 amide bonds. The highest BCUT2D eigenvalue weighted by Gasteiger charge is 2.12. The summed E-state index contributed by atoms with van der Waals surface area (Å²) in [5.41, 5.74) is 2.19. The summed E-state index contributed by atoms with van der Waals surface area (Å²) in [5, 5.41) is 5.65. The first kappa shape index (κ1) is 19.5. The maximum Gasteiger partial charge on any atom is 0.253 e. The van der Waals surface area contributed by atoms with Crippen molar-refractivity contribution >= 4 is 17.5 Å². The molecule has 0 bridgehead atoms. The van der Waals surface area contributed by atoms with Gasteiger partial charge < -0.3 is 15.4 Å². The number of carbonyl (C=O) groups is 2. The Morgan fingerprint density at radius 1 is 1.04 bits per heavy atom. The van der Waals surface area contributed by atoms with Crippen molar-refractivity contribution in [1.82, 2.24) is 5.32 Å². The van der Waals surface area contributed by atoms with Gasteiger partial charge in [-0.05, 0) is 44.0 Å². The molecular weight excluding hydrogens is 328 g/mol. The Bertz CT molecular complexity index is 726. The highest BCUT2D eigenvalue weighted by molar-refractivity contribution is 6.03. The van der Waals surface area contributed by atoms with Crippen LogP contribution in [0, 0.1) is 6.92 Å². The lowest BCUT2D eigenvalue weighted by atomic mass is 10.1. The number of aryl methyl sites for hydroxylation is 1. The van der Waals surface area contributed by atoms with Crippen LogP contribution in [0.1, 0.15) is 42.1 Å². The third-order valence-electron chi connectivity index (χ3n) is 3.82. The zero-order chi connectivity index (χ0) is 18.8. The van der Waals surface area contributed by atoms with E-state index in [2.05, 4.69) is 10.6 Å². The molecule has 26 heavy (non-hydrogen) atoms. The lowest BCUT2D eigenvalue weighted by molar-refractivity contribution is -0.116. The van der Waals surface area contributed by atoms with Crippen LogP contribution in [0.2, 0.25) is 0 Å². The Balaban J connectivity index is 1.80. The predicted octanol–water partition coefficient (Wildman–Crippen LogP) is 3.93. The van der Waals surface area contributed by atoms with Crippen molar-refractivity contribution in [2.24, 2.45) is 0 Å². The number of rotatable bonds is 9. The second kappa shape index (κ2) is 10.2. The van der Waals surface area contributed by atoms with Crippen molar-refractivity contribution in [3.63, 3.8) is 0 Å². The number of ether oxygens (including phenoxy) is 1. The van der Waals surface area contributed by atoms with Gasteiger partial charge >= 0.3 is 0 Å². The molecule has 2 rings (SSSR count). The molecule has 0 aliphatic rings. The van der Waals surface area contributed by atoms with Gasteiger partial charge in [0.2, 0.25) is 5.91 Å². The molecule has 0 heterocycles. The summed E-state index contributed by atoms with van der Waals surface area (Å²) in [6.45, 7) is 5.09. The van der Waals surface area contributed by atoms with Gasteiger partial charge in [0.15, 0.2) is 0 Å². The van der Waals surface area contributed by atoms with Gasteiger partial charge in [-0.25, -0.2) is 0 Å². The Hall–Kier alpha value is -2.82. The maximum absolute atomic E-state index is 12.2. The first-order valence-electron chi connectivity index (χ1n) is 8.96. The van der Waals surface area contributed by atoms with Gasteiger partial charge in [-0.1, -0.05) is 36.8 Å². The van der Waals surface area contributed by atoms with Crippen LogP contribution in [0.3, 0.4) is 0 Å². The largest absolute Gasteiger partial charge is 0.494 e. The minimum atomic E-state index is -0.176. The van der Waals surface area contributed by atoms with E-state index >= 15 is 0 Å². The lowest BCUT2D eigenvalue weighted by Gasteiger charge is -2.11. The molecule has 0 radical (unpaired) electrons. The summed E-state index contributed by atoms with van der Waals surface area (Å²) in [6.07, 6.45) is 1.79. The quantitative estimate of drug-likeness (QED) is 0.671. The molecule has 0 unspecified atom stereocenters. The molecule has 0 atom stereocenters. The molecule has 0 saturated carbocycles. The smallest absolute Gasteiger partial charge is 0.253 e. The van der Waals surface area contributed by atoms with E-state index in [4.69, 9.17) is 4.74 Å². The van der Waals surface area contributed by atoms with Crippen molar-refractivity contribution in [3.05, 3.63) is 59.7 Å². The number of benzene rings is 2. The van der Waals surface area contributed by atoms with Crippen molar-refractivity contribution in [2.75, 3.05) is 18.5 Å². The minimum absolute atomic E-state index is 0.131. The molecule has 2 aromatic carbocycles. The molecule has 5 heteroatoms. The summed E-state index contributed by atoms with van der Waals surface area (Å²) in [4.78, 5) is 24.3. The number of amides is 2. The summed E-state index contributed by atoms with van der Waals surface area (Å²) in [7, 11) is 0. The van der Waals surface area contributed by atoms with Gasteiger partial charge in [0.1, 0.15) is 5.75 Å². The molecule has 138 valence electrons. The molecule has 5 nitrogen and oxygen atoms in total. The summed E-state index contributed by atoms with van der Waals surface area (Å²) < 4.78 is 5.62. The Morgan fingerprint density at radius 2 is 1.77 bits per heavy atom. The SMILES string of the molecule is CCCNC(=O)c1ccccc1NC(=O)CCCOc1ccc(C)cc1. The van der Waals surface area contributed by atoms with Crippen molar-refractivity contribution in [3.8, 4) is 5.75 Å². The van der Waals surface area contributed by atoms with E-state index in [1.165, 1.54) is 5.56 Å². The first-order chi connectivity index (χ1) is 12.6. The fourth-order valence-electron chi connectivity index (χ4n) is 2.39. The van der Waals surface area contributed by atoms with Crippen LogP contribution in [0.25, 0.3) is 0 Å². The van der Waals surface area contributed by atoms with E-state index in [1.807, 2.05) is 38.1 Å². The summed E-state index contributed by atoms with van der Waals surface area (Å²) in [6, 6.07) is 14.8. The Kier molecular flexibility index (Phi) is 7.68. The highest BCUT2D eigenvalue weighted by Crippen LogP contribution is 2.16. The second-order valence-corrected chi connectivity index (χ2v) is 6.11. The van der Waals surface area contributed by atoms with Crippen LogP contribution in [-0.4, -0.2) is 25.0 Å². The van der Waals surface area contributed by atoms with E-state index in [0.29, 0.717) is 37.2 Å². The Labute approximate surface area is 154 Å². The van der Waals surface area contributed by atoms with Crippen LogP contribution in [0.4, 0.5) is 5.69 Å². The van der Waals surface area contributed by atoms with E-state index in [9.17, 15) is 9.59 Å². The average Bonchev–Trinajstić information content (AvgIpc) is 2.65. The number of hydrogen-bond acceptors (Lipinski definition) is 3. The van der Waals surface area contributed by atoms with E-state index in [0.717, 1.165) is 12.2 Å². The van der Waals surface area contributed by atoms with Gasteiger partial charge in [-0.15, -0.1) is 0 Å². The van der Waals surface area contributed by atoms with E-state index < -0.39 is 0 Å². The molecule has 0 saturated heterocycles. The van der Waals surface area contributed by atoms with E-state index in [-0.39, 0.29) is 11.8 Å². The van der Waals surface area contributed by atoms with Gasteiger partial charge in [0, 0.05) is 13.0 Å². The fraction of sp³-hybridized carbons (Fsp3) is 0.333. The third kappa shape index (κ3) is 6.24. The highest BCUT2D eigenvalue weighted by atomic mass is 16.5. The molecule has 0 aliphatic carbocycles. The van der Waals surface area contributed by atoms with Gasteiger partial charge in [-0.2, -0.15) is 0 Å².